The van der Waals surface area contributed by atoms with Crippen LogP contribution in [0.5, 0.6) is 0 Å². The number of benzene rings is 1. The van der Waals surface area contributed by atoms with Crippen LogP contribution in [0, 0.1) is 0 Å². The molecular weight excluding hydrogens is 227 g/mol. The molecule has 0 N–H and O–H groups in total. The molecule has 1 unspecified atom stereocenters. The van der Waals surface area contributed by atoms with Gasteiger partial charge in [0.15, 0.2) is 0 Å². The highest BCUT2D eigenvalue weighted by Gasteiger charge is 2.24. The molecule has 1 aromatic carbocycles. The average molecular weight is 246 g/mol. The van der Waals surface area contributed by atoms with Crippen LogP contribution in [0.4, 0.5) is 0 Å². The van der Waals surface area contributed by atoms with Gasteiger partial charge in [0.25, 0.3) is 0 Å². The molecule has 2 heteroatoms. The maximum Gasteiger partial charge on any atom is 0.140 e. The standard InChI is InChI=1S/C15H19OP/c1-13(14-9-5-3-6-10-14)17(2,16)15-11-7-4-8-12-15/h4,7-9,11-12H,1,3,5-6,10H2,2H3. The largest absolute Gasteiger partial charge is 0.314 e. The van der Waals surface area contributed by atoms with Crippen LogP contribution in [-0.2, 0) is 4.57 Å². The molecule has 0 radical (unpaired) electrons. The maximum absolute atomic E-state index is 12.9. The van der Waals surface area contributed by atoms with Crippen LogP contribution in [-0.4, -0.2) is 6.66 Å². The summed E-state index contributed by atoms with van der Waals surface area (Å²) in [5, 5.41) is 1.76. The molecule has 1 aliphatic carbocycles. The molecule has 2 rings (SSSR count). The van der Waals surface area contributed by atoms with E-state index < -0.39 is 7.14 Å². The molecule has 17 heavy (non-hydrogen) atoms. The van der Waals surface area contributed by atoms with Crippen LogP contribution in [0.2, 0.25) is 0 Å². The van der Waals surface area contributed by atoms with Crippen molar-refractivity contribution in [1.29, 1.82) is 0 Å². The summed E-state index contributed by atoms with van der Waals surface area (Å²) in [6.45, 7) is 5.93. The van der Waals surface area contributed by atoms with Gasteiger partial charge in [-0.05, 0) is 37.9 Å². The molecular formula is C15H19OP. The van der Waals surface area contributed by atoms with Crippen molar-refractivity contribution in [2.75, 3.05) is 6.66 Å². The molecule has 0 saturated heterocycles. The fraction of sp³-hybridized carbons (Fsp3) is 0.333. The molecule has 0 amide bonds. The van der Waals surface area contributed by atoms with Gasteiger partial charge in [0, 0.05) is 10.6 Å². The Balaban J connectivity index is 2.30. The van der Waals surface area contributed by atoms with Crippen molar-refractivity contribution in [3.8, 4) is 0 Å². The lowest BCUT2D eigenvalue weighted by molar-refractivity contribution is 0.588. The summed E-state index contributed by atoms with van der Waals surface area (Å²) in [6.07, 6.45) is 6.79. The molecule has 0 bridgehead atoms. The molecule has 0 saturated carbocycles. The monoisotopic (exact) mass is 246 g/mol. The second-order valence-corrected chi connectivity index (χ2v) is 7.59. The van der Waals surface area contributed by atoms with Crippen molar-refractivity contribution < 1.29 is 4.57 Å². The summed E-state index contributed by atoms with van der Waals surface area (Å²) in [7, 11) is -2.47. The first-order chi connectivity index (χ1) is 8.12. The lowest BCUT2D eigenvalue weighted by atomic mass is 10.00. The Bertz CT molecular complexity index is 485. The van der Waals surface area contributed by atoms with E-state index >= 15 is 0 Å². The van der Waals surface area contributed by atoms with Gasteiger partial charge in [-0.3, -0.25) is 0 Å². The van der Waals surface area contributed by atoms with Gasteiger partial charge in [-0.1, -0.05) is 43.0 Å². The molecule has 90 valence electrons. The molecule has 1 aliphatic rings. The van der Waals surface area contributed by atoms with Crippen LogP contribution < -0.4 is 5.30 Å². The summed E-state index contributed by atoms with van der Waals surface area (Å²) < 4.78 is 12.9. The first-order valence-corrected chi connectivity index (χ1v) is 8.30. The Morgan fingerprint density at radius 1 is 1.24 bits per heavy atom. The Morgan fingerprint density at radius 2 is 1.94 bits per heavy atom. The van der Waals surface area contributed by atoms with Crippen LogP contribution in [0.1, 0.15) is 25.7 Å². The van der Waals surface area contributed by atoms with E-state index in [1.54, 1.807) is 0 Å². The predicted molar refractivity (Wildman–Crippen MR) is 75.3 cm³/mol. The smallest absolute Gasteiger partial charge is 0.140 e. The summed E-state index contributed by atoms with van der Waals surface area (Å²) in [6, 6.07) is 9.71. The number of hydrogen-bond donors (Lipinski definition) is 0. The predicted octanol–water partition coefficient (Wildman–Crippen LogP) is 4.32. The van der Waals surface area contributed by atoms with Crippen LogP contribution in [0.25, 0.3) is 0 Å². The average Bonchev–Trinajstić information content (AvgIpc) is 2.40. The third kappa shape index (κ3) is 2.61. The molecule has 1 nitrogen and oxygen atoms in total. The highest BCUT2D eigenvalue weighted by atomic mass is 31.2. The SMILES string of the molecule is C=C(C1=CCCCC1)P(C)(=O)c1ccccc1. The molecule has 0 fully saturated rings. The zero-order chi connectivity index (χ0) is 12.3. The minimum atomic E-state index is -2.47. The minimum Gasteiger partial charge on any atom is -0.314 e. The third-order valence-corrected chi connectivity index (χ3v) is 6.03. The van der Waals surface area contributed by atoms with Gasteiger partial charge in [0.05, 0.1) is 0 Å². The normalized spacial score (nSPS) is 19.2. The van der Waals surface area contributed by atoms with Gasteiger partial charge in [0.1, 0.15) is 7.14 Å². The van der Waals surface area contributed by atoms with Crippen LogP contribution in [0.15, 0.2) is 53.9 Å². The van der Waals surface area contributed by atoms with Crippen LogP contribution >= 0.6 is 7.14 Å². The zero-order valence-corrected chi connectivity index (χ0v) is 11.2. The summed E-state index contributed by atoms with van der Waals surface area (Å²) in [4.78, 5) is 0. The first-order valence-electron chi connectivity index (χ1n) is 6.14. The van der Waals surface area contributed by atoms with Gasteiger partial charge in [-0.15, -0.1) is 0 Å². The van der Waals surface area contributed by atoms with Crippen LogP contribution in [0.3, 0.4) is 0 Å². The van der Waals surface area contributed by atoms with E-state index in [-0.39, 0.29) is 0 Å². The second kappa shape index (κ2) is 5.06. The van der Waals surface area contributed by atoms with Crippen molar-refractivity contribution >= 4 is 12.4 Å². The van der Waals surface area contributed by atoms with E-state index in [2.05, 4.69) is 12.7 Å². The molecule has 0 aromatic heterocycles. The van der Waals surface area contributed by atoms with Crippen molar-refractivity contribution in [1.82, 2.24) is 0 Å². The van der Waals surface area contributed by atoms with E-state index in [0.717, 1.165) is 23.5 Å². The maximum atomic E-state index is 12.9. The Hall–Kier alpha value is -1.07. The fourth-order valence-corrected chi connectivity index (χ4v) is 4.05. The summed E-state index contributed by atoms with van der Waals surface area (Å²) >= 11 is 0. The molecule has 0 heterocycles. The zero-order valence-electron chi connectivity index (χ0n) is 10.4. The van der Waals surface area contributed by atoms with Crippen molar-refractivity contribution in [2.45, 2.75) is 25.7 Å². The Labute approximate surface area is 104 Å². The quantitative estimate of drug-likeness (QED) is 0.726. The van der Waals surface area contributed by atoms with Gasteiger partial charge in [-0.25, -0.2) is 0 Å². The van der Waals surface area contributed by atoms with Gasteiger partial charge >= 0.3 is 0 Å². The number of rotatable bonds is 3. The van der Waals surface area contributed by atoms with E-state index in [4.69, 9.17) is 0 Å². The molecule has 0 aliphatic heterocycles. The van der Waals surface area contributed by atoms with E-state index in [9.17, 15) is 4.57 Å². The Morgan fingerprint density at radius 3 is 2.53 bits per heavy atom. The first kappa shape index (κ1) is 12.4. The minimum absolute atomic E-state index is 0.850. The molecule has 1 atom stereocenters. The summed E-state index contributed by atoms with van der Waals surface area (Å²) in [5.41, 5.74) is 1.21. The topological polar surface area (TPSA) is 17.1 Å². The lowest BCUT2D eigenvalue weighted by Gasteiger charge is -2.21. The highest BCUT2D eigenvalue weighted by molar-refractivity contribution is 7.75. The van der Waals surface area contributed by atoms with Crippen molar-refractivity contribution in [3.63, 3.8) is 0 Å². The lowest BCUT2D eigenvalue weighted by Crippen LogP contribution is -2.07. The van der Waals surface area contributed by atoms with Crippen molar-refractivity contribution in [3.05, 3.63) is 53.9 Å². The third-order valence-electron chi connectivity index (χ3n) is 3.43. The second-order valence-electron chi connectivity index (χ2n) is 4.68. The molecule has 0 spiro atoms. The number of hydrogen-bond acceptors (Lipinski definition) is 1. The van der Waals surface area contributed by atoms with Gasteiger partial charge in [0.2, 0.25) is 0 Å². The van der Waals surface area contributed by atoms with Gasteiger partial charge < -0.3 is 4.57 Å². The Kier molecular flexibility index (Phi) is 3.69. The van der Waals surface area contributed by atoms with E-state index in [0.29, 0.717) is 0 Å². The summed E-state index contributed by atoms with van der Waals surface area (Å²) in [5.74, 6) is 0. The van der Waals surface area contributed by atoms with Gasteiger partial charge in [-0.2, -0.15) is 0 Å². The molecule has 1 aromatic rings. The fourth-order valence-electron chi connectivity index (χ4n) is 2.24. The number of allylic oxidation sites excluding steroid dienone is 3. The van der Waals surface area contributed by atoms with E-state index in [1.807, 2.05) is 37.0 Å². The van der Waals surface area contributed by atoms with Crippen molar-refractivity contribution in [2.24, 2.45) is 0 Å². The highest BCUT2D eigenvalue weighted by Crippen LogP contribution is 2.52. The van der Waals surface area contributed by atoms with E-state index in [1.165, 1.54) is 18.4 Å².